The van der Waals surface area contributed by atoms with Crippen molar-refractivity contribution >= 4 is 16.8 Å². The third kappa shape index (κ3) is 3.19. The van der Waals surface area contributed by atoms with Gasteiger partial charge in [-0.3, -0.25) is 9.69 Å². The summed E-state index contributed by atoms with van der Waals surface area (Å²) in [6.07, 6.45) is 0.720. The number of nitrogens with two attached hydrogens (primary N) is 1. The number of rotatable bonds is 4. The summed E-state index contributed by atoms with van der Waals surface area (Å²) in [5, 5.41) is 4.29. The lowest BCUT2D eigenvalue weighted by Crippen LogP contribution is -2.45. The number of nitrogens with one attached hydrogen (secondary N) is 2. The van der Waals surface area contributed by atoms with Crippen molar-refractivity contribution in [3.05, 3.63) is 35.0 Å². The van der Waals surface area contributed by atoms with Gasteiger partial charge in [0.1, 0.15) is 0 Å². The molecule has 1 aliphatic rings. The monoisotopic (exact) mass is 328 g/mol. The highest BCUT2D eigenvalue weighted by Gasteiger charge is 2.35. The van der Waals surface area contributed by atoms with Crippen LogP contribution in [-0.2, 0) is 11.3 Å². The Morgan fingerprint density at radius 3 is 2.88 bits per heavy atom. The van der Waals surface area contributed by atoms with Gasteiger partial charge < -0.3 is 16.0 Å². The number of benzene rings is 1. The first-order chi connectivity index (χ1) is 11.4. The standard InChI is InChI=1S/C19H28N4O/c1-11(2)21-19(24)17-8-15(20)10-23(17)9-14-6-5-7-16-12(3)13(4)22-18(14)16/h5-7,11,15,17,22H,8-10,20H2,1-4H3,(H,21,24)/t15-,17+/m1/s1. The van der Waals surface area contributed by atoms with Crippen LogP contribution in [-0.4, -0.2) is 40.5 Å². The van der Waals surface area contributed by atoms with E-state index in [1.165, 1.54) is 27.7 Å². The second-order valence-electron chi connectivity index (χ2n) is 7.32. The Morgan fingerprint density at radius 2 is 2.17 bits per heavy atom. The van der Waals surface area contributed by atoms with Gasteiger partial charge in [0, 0.05) is 36.3 Å². The number of carbonyl (C=O) groups excluding carboxylic acids is 1. The van der Waals surface area contributed by atoms with Gasteiger partial charge in [-0.25, -0.2) is 0 Å². The molecule has 5 nitrogen and oxygen atoms in total. The number of aromatic nitrogens is 1. The Balaban J connectivity index is 1.86. The number of likely N-dealkylation sites (tertiary alicyclic amines) is 1. The number of para-hydroxylation sites is 1. The van der Waals surface area contributed by atoms with Crippen molar-refractivity contribution in [3.63, 3.8) is 0 Å². The normalized spacial score (nSPS) is 21.8. The molecule has 4 N–H and O–H groups in total. The maximum absolute atomic E-state index is 12.5. The highest BCUT2D eigenvalue weighted by Crippen LogP contribution is 2.27. The van der Waals surface area contributed by atoms with Crippen molar-refractivity contribution < 1.29 is 4.79 Å². The second kappa shape index (κ2) is 6.57. The molecule has 1 aromatic carbocycles. The van der Waals surface area contributed by atoms with Crippen molar-refractivity contribution in [2.75, 3.05) is 6.54 Å². The van der Waals surface area contributed by atoms with Gasteiger partial charge in [-0.1, -0.05) is 18.2 Å². The molecule has 2 heterocycles. The van der Waals surface area contributed by atoms with Crippen LogP contribution in [0.2, 0.25) is 0 Å². The lowest BCUT2D eigenvalue weighted by molar-refractivity contribution is -0.126. The van der Waals surface area contributed by atoms with Gasteiger partial charge in [-0.15, -0.1) is 0 Å². The molecule has 0 spiro atoms. The predicted molar refractivity (Wildman–Crippen MR) is 97.8 cm³/mol. The molecule has 130 valence electrons. The maximum Gasteiger partial charge on any atom is 0.237 e. The van der Waals surface area contributed by atoms with Crippen molar-refractivity contribution in [3.8, 4) is 0 Å². The molecular formula is C19H28N4O. The van der Waals surface area contributed by atoms with Crippen LogP contribution in [0, 0.1) is 13.8 Å². The lowest BCUT2D eigenvalue weighted by Gasteiger charge is -2.24. The fraction of sp³-hybridized carbons (Fsp3) is 0.526. The molecule has 0 radical (unpaired) electrons. The molecule has 0 bridgehead atoms. The molecule has 0 saturated carbocycles. The van der Waals surface area contributed by atoms with Crippen molar-refractivity contribution in [1.29, 1.82) is 0 Å². The lowest BCUT2D eigenvalue weighted by atomic mass is 10.1. The van der Waals surface area contributed by atoms with Crippen LogP contribution in [0.25, 0.3) is 10.9 Å². The highest BCUT2D eigenvalue weighted by atomic mass is 16.2. The molecule has 2 aromatic rings. The number of carbonyl (C=O) groups is 1. The van der Waals surface area contributed by atoms with E-state index in [1.807, 2.05) is 13.8 Å². The number of aromatic amines is 1. The van der Waals surface area contributed by atoms with Crippen molar-refractivity contribution in [1.82, 2.24) is 15.2 Å². The van der Waals surface area contributed by atoms with Gasteiger partial charge in [-0.05, 0) is 45.2 Å². The molecule has 1 saturated heterocycles. The van der Waals surface area contributed by atoms with Crippen LogP contribution in [0.4, 0.5) is 0 Å². The van der Waals surface area contributed by atoms with E-state index in [1.54, 1.807) is 0 Å². The zero-order valence-electron chi connectivity index (χ0n) is 15.0. The molecule has 5 heteroatoms. The summed E-state index contributed by atoms with van der Waals surface area (Å²) in [7, 11) is 0. The summed E-state index contributed by atoms with van der Waals surface area (Å²) >= 11 is 0. The Morgan fingerprint density at radius 1 is 1.42 bits per heavy atom. The minimum absolute atomic E-state index is 0.0548. The van der Waals surface area contributed by atoms with Gasteiger partial charge in [0.15, 0.2) is 0 Å². The van der Waals surface area contributed by atoms with Crippen molar-refractivity contribution in [2.24, 2.45) is 5.73 Å². The molecule has 1 aliphatic heterocycles. The fourth-order valence-corrected chi connectivity index (χ4v) is 3.66. The van der Waals surface area contributed by atoms with Gasteiger partial charge >= 0.3 is 0 Å². The fourth-order valence-electron chi connectivity index (χ4n) is 3.66. The summed E-state index contributed by atoms with van der Waals surface area (Å²) in [4.78, 5) is 18.2. The first-order valence-corrected chi connectivity index (χ1v) is 8.73. The number of nitrogens with zero attached hydrogens (tertiary/aromatic N) is 1. The topological polar surface area (TPSA) is 74.1 Å². The Hall–Kier alpha value is -1.85. The van der Waals surface area contributed by atoms with Crippen LogP contribution < -0.4 is 11.1 Å². The van der Waals surface area contributed by atoms with Crippen molar-refractivity contribution in [2.45, 2.75) is 58.8 Å². The number of aryl methyl sites for hydroxylation is 2. The predicted octanol–water partition coefficient (Wildman–Crippen LogP) is 2.21. The molecule has 2 atom stereocenters. The summed E-state index contributed by atoms with van der Waals surface area (Å²) in [5.74, 6) is 0.0870. The Bertz CT molecular complexity index is 749. The molecule has 1 amide bonds. The highest BCUT2D eigenvalue weighted by molar-refractivity contribution is 5.87. The van der Waals surface area contributed by atoms with Gasteiger partial charge in [0.25, 0.3) is 0 Å². The third-order valence-corrected chi connectivity index (χ3v) is 4.97. The zero-order chi connectivity index (χ0) is 17.4. The van der Waals surface area contributed by atoms with E-state index in [4.69, 9.17) is 5.73 Å². The largest absolute Gasteiger partial charge is 0.358 e. The van der Waals surface area contributed by atoms with Gasteiger partial charge in [0.05, 0.1) is 11.6 Å². The van der Waals surface area contributed by atoms with Gasteiger partial charge in [-0.2, -0.15) is 0 Å². The Labute approximate surface area is 143 Å². The summed E-state index contributed by atoms with van der Waals surface area (Å²) in [6, 6.07) is 6.44. The molecule has 1 aromatic heterocycles. The van der Waals surface area contributed by atoms with Crippen LogP contribution in [0.1, 0.15) is 37.1 Å². The molecule has 3 rings (SSSR count). The van der Waals surface area contributed by atoms with Crippen LogP contribution in [0.3, 0.4) is 0 Å². The number of H-pyrrole nitrogens is 1. The molecule has 0 unspecified atom stereocenters. The smallest absolute Gasteiger partial charge is 0.237 e. The zero-order valence-corrected chi connectivity index (χ0v) is 15.0. The molecule has 1 fully saturated rings. The first kappa shape index (κ1) is 17.0. The molecular weight excluding hydrogens is 300 g/mol. The molecule has 0 aliphatic carbocycles. The van der Waals surface area contributed by atoms with Crippen LogP contribution in [0.5, 0.6) is 0 Å². The minimum atomic E-state index is -0.144. The average molecular weight is 328 g/mol. The minimum Gasteiger partial charge on any atom is -0.358 e. The maximum atomic E-state index is 12.5. The molecule has 24 heavy (non-hydrogen) atoms. The number of fused-ring (bicyclic) bond motifs is 1. The summed E-state index contributed by atoms with van der Waals surface area (Å²) in [6.45, 7) is 9.71. The number of hydrogen-bond donors (Lipinski definition) is 3. The van der Waals surface area contributed by atoms with E-state index < -0.39 is 0 Å². The van der Waals surface area contributed by atoms with Crippen LogP contribution >= 0.6 is 0 Å². The average Bonchev–Trinajstić information content (AvgIpc) is 3.01. The van der Waals surface area contributed by atoms with E-state index in [2.05, 4.69) is 47.2 Å². The number of hydrogen-bond acceptors (Lipinski definition) is 3. The Kier molecular flexibility index (Phi) is 4.65. The number of amides is 1. The summed E-state index contributed by atoms with van der Waals surface area (Å²) < 4.78 is 0. The van der Waals surface area contributed by atoms with E-state index in [0.717, 1.165) is 19.5 Å². The third-order valence-electron chi connectivity index (χ3n) is 4.97. The first-order valence-electron chi connectivity index (χ1n) is 8.73. The van der Waals surface area contributed by atoms with E-state index in [-0.39, 0.29) is 24.0 Å². The van der Waals surface area contributed by atoms with E-state index in [9.17, 15) is 4.79 Å². The van der Waals surface area contributed by atoms with E-state index >= 15 is 0 Å². The SMILES string of the molecule is Cc1[nH]c2c(CN3C[C@H](N)C[C@H]3C(=O)NC(C)C)cccc2c1C. The second-order valence-corrected chi connectivity index (χ2v) is 7.32. The quantitative estimate of drug-likeness (QED) is 0.805. The van der Waals surface area contributed by atoms with Crippen LogP contribution in [0.15, 0.2) is 18.2 Å². The van der Waals surface area contributed by atoms with Gasteiger partial charge in [0.2, 0.25) is 5.91 Å². The van der Waals surface area contributed by atoms with E-state index in [0.29, 0.717) is 0 Å². The summed E-state index contributed by atoms with van der Waals surface area (Å²) in [5.41, 5.74) is 11.0.